The summed E-state index contributed by atoms with van der Waals surface area (Å²) in [5.74, 6) is -1.89. The van der Waals surface area contributed by atoms with Gasteiger partial charge < -0.3 is 19.5 Å². The minimum Gasteiger partial charge on any atom is -0.475 e. The number of alkyl halides is 3. The van der Waals surface area contributed by atoms with Gasteiger partial charge in [0.05, 0.1) is 26.4 Å². The van der Waals surface area contributed by atoms with E-state index in [4.69, 9.17) is 19.4 Å². The standard InChI is InChI=1S/C16H26N2O3.C2HF3O2/c19-15(17-4-6-20-7-5-17)8-16-11-18(14-2-1-3-14)9-13(16)10-21-12-16;3-2(4,5)1(6)7/h13-14H,1-12H2;(H,6,7)/t13-,16+;/m1./s1. The molecule has 1 amide bonds. The second-order valence-electron chi connectivity index (χ2n) is 8.06. The molecule has 0 aromatic carbocycles. The molecule has 1 saturated carbocycles. The van der Waals surface area contributed by atoms with Crippen molar-refractivity contribution in [2.45, 2.75) is 37.9 Å². The monoisotopic (exact) mass is 408 g/mol. The fourth-order valence-corrected chi connectivity index (χ4v) is 4.38. The number of fused-ring (bicyclic) bond motifs is 1. The van der Waals surface area contributed by atoms with Crippen LogP contribution in [0.2, 0.25) is 0 Å². The molecule has 3 heterocycles. The van der Waals surface area contributed by atoms with Crippen LogP contribution < -0.4 is 0 Å². The van der Waals surface area contributed by atoms with Crippen molar-refractivity contribution in [2.24, 2.45) is 11.3 Å². The van der Waals surface area contributed by atoms with Crippen LogP contribution in [0.5, 0.6) is 0 Å². The van der Waals surface area contributed by atoms with E-state index in [1.807, 2.05) is 4.90 Å². The summed E-state index contributed by atoms with van der Waals surface area (Å²) in [6.07, 6.45) is -0.342. The maximum absolute atomic E-state index is 12.6. The fraction of sp³-hybridized carbons (Fsp3) is 0.889. The van der Waals surface area contributed by atoms with Gasteiger partial charge in [0.1, 0.15) is 0 Å². The number of morpholine rings is 1. The van der Waals surface area contributed by atoms with Gasteiger partial charge in [0, 0.05) is 50.0 Å². The molecule has 3 aliphatic heterocycles. The van der Waals surface area contributed by atoms with Crippen molar-refractivity contribution >= 4 is 11.9 Å². The third kappa shape index (κ3) is 4.77. The van der Waals surface area contributed by atoms with Crippen LogP contribution in [0.3, 0.4) is 0 Å². The quantitative estimate of drug-likeness (QED) is 0.760. The molecule has 2 atom stereocenters. The predicted octanol–water partition coefficient (Wildman–Crippen LogP) is 1.37. The number of carboxylic acid groups (broad SMARTS) is 1. The average Bonchev–Trinajstić information content (AvgIpc) is 3.10. The van der Waals surface area contributed by atoms with Crippen LogP contribution in [-0.2, 0) is 19.1 Å². The Morgan fingerprint density at radius 1 is 1.14 bits per heavy atom. The maximum atomic E-state index is 12.6. The molecule has 0 bridgehead atoms. The molecule has 7 nitrogen and oxygen atoms in total. The molecule has 28 heavy (non-hydrogen) atoms. The number of halogens is 3. The molecule has 4 rings (SSSR count). The van der Waals surface area contributed by atoms with Crippen molar-refractivity contribution in [2.75, 3.05) is 52.6 Å². The molecule has 160 valence electrons. The van der Waals surface area contributed by atoms with Gasteiger partial charge in [-0.3, -0.25) is 9.69 Å². The Balaban J connectivity index is 0.000000279. The molecule has 0 unspecified atom stereocenters. The normalized spacial score (nSPS) is 31.0. The third-order valence-corrected chi connectivity index (χ3v) is 6.25. The summed E-state index contributed by atoms with van der Waals surface area (Å²) in [5.41, 5.74) is 0.0883. The van der Waals surface area contributed by atoms with E-state index >= 15 is 0 Å². The molecule has 1 N–H and O–H groups in total. The summed E-state index contributed by atoms with van der Waals surface area (Å²) in [5, 5.41) is 7.12. The lowest BCUT2D eigenvalue weighted by Crippen LogP contribution is -2.45. The molecular weight excluding hydrogens is 381 g/mol. The SMILES string of the molecule is O=C(C[C@]12COC[C@H]1CN(C1CCC1)C2)N1CCOCC1.O=C(O)C(F)(F)F. The van der Waals surface area contributed by atoms with Crippen molar-refractivity contribution in [1.29, 1.82) is 0 Å². The molecule has 0 aromatic rings. The molecule has 1 aliphatic carbocycles. The summed E-state index contributed by atoms with van der Waals surface area (Å²) in [6.45, 7) is 6.72. The number of nitrogens with zero attached hydrogens (tertiary/aromatic N) is 2. The van der Waals surface area contributed by atoms with Crippen LogP contribution in [0.15, 0.2) is 0 Å². The Morgan fingerprint density at radius 3 is 2.32 bits per heavy atom. The van der Waals surface area contributed by atoms with Gasteiger partial charge in [-0.1, -0.05) is 6.42 Å². The highest BCUT2D eigenvalue weighted by atomic mass is 19.4. The van der Waals surface area contributed by atoms with Crippen molar-refractivity contribution in [3.8, 4) is 0 Å². The molecule has 0 aromatic heterocycles. The molecule has 4 fully saturated rings. The molecule has 0 spiro atoms. The average molecular weight is 408 g/mol. The van der Waals surface area contributed by atoms with Gasteiger partial charge in [0.15, 0.2) is 0 Å². The Kier molecular flexibility index (Phi) is 6.51. The minimum atomic E-state index is -5.08. The van der Waals surface area contributed by atoms with Gasteiger partial charge in [-0.05, 0) is 12.8 Å². The maximum Gasteiger partial charge on any atom is 0.490 e. The summed E-state index contributed by atoms with van der Waals surface area (Å²) < 4.78 is 42.8. The highest BCUT2D eigenvalue weighted by Gasteiger charge is 2.53. The zero-order chi connectivity index (χ0) is 20.4. The van der Waals surface area contributed by atoms with Crippen LogP contribution in [0.25, 0.3) is 0 Å². The first kappa shape index (κ1) is 21.3. The van der Waals surface area contributed by atoms with Gasteiger partial charge in [0.2, 0.25) is 5.91 Å². The van der Waals surface area contributed by atoms with Crippen molar-refractivity contribution < 1.29 is 37.3 Å². The van der Waals surface area contributed by atoms with Crippen LogP contribution in [-0.4, -0.2) is 91.6 Å². The van der Waals surface area contributed by atoms with Gasteiger partial charge in [-0.2, -0.15) is 13.2 Å². The molecule has 4 aliphatic rings. The highest BCUT2D eigenvalue weighted by molar-refractivity contribution is 5.77. The van der Waals surface area contributed by atoms with Gasteiger partial charge in [-0.15, -0.1) is 0 Å². The lowest BCUT2D eigenvalue weighted by molar-refractivity contribution is -0.192. The second kappa shape index (κ2) is 8.54. The van der Waals surface area contributed by atoms with Crippen molar-refractivity contribution in [1.82, 2.24) is 9.80 Å². The van der Waals surface area contributed by atoms with Crippen LogP contribution in [0.4, 0.5) is 13.2 Å². The van der Waals surface area contributed by atoms with Crippen LogP contribution >= 0.6 is 0 Å². The molecule has 10 heteroatoms. The molecule has 0 radical (unpaired) electrons. The Bertz CT molecular complexity index is 578. The summed E-state index contributed by atoms with van der Waals surface area (Å²) in [6, 6.07) is 0.783. The van der Waals surface area contributed by atoms with E-state index in [0.29, 0.717) is 31.5 Å². The van der Waals surface area contributed by atoms with E-state index in [0.717, 1.165) is 45.4 Å². The number of likely N-dealkylation sites (tertiary alicyclic amines) is 1. The first-order valence-electron chi connectivity index (χ1n) is 9.69. The number of ether oxygens (including phenoxy) is 2. The fourth-order valence-electron chi connectivity index (χ4n) is 4.38. The van der Waals surface area contributed by atoms with Crippen LogP contribution in [0.1, 0.15) is 25.7 Å². The number of hydrogen-bond acceptors (Lipinski definition) is 5. The van der Waals surface area contributed by atoms with E-state index in [2.05, 4.69) is 4.90 Å². The van der Waals surface area contributed by atoms with Gasteiger partial charge in [0.25, 0.3) is 0 Å². The minimum absolute atomic E-state index is 0.0883. The first-order valence-corrected chi connectivity index (χ1v) is 9.69. The van der Waals surface area contributed by atoms with E-state index < -0.39 is 12.1 Å². The molecule has 3 saturated heterocycles. The van der Waals surface area contributed by atoms with E-state index in [-0.39, 0.29) is 5.41 Å². The number of carbonyl (C=O) groups excluding carboxylic acids is 1. The lowest BCUT2D eigenvalue weighted by Gasteiger charge is -2.37. The lowest BCUT2D eigenvalue weighted by atomic mass is 9.77. The van der Waals surface area contributed by atoms with E-state index in [1.165, 1.54) is 19.3 Å². The van der Waals surface area contributed by atoms with E-state index in [1.54, 1.807) is 0 Å². The Hall–Kier alpha value is -1.39. The largest absolute Gasteiger partial charge is 0.490 e. The highest BCUT2D eigenvalue weighted by Crippen LogP contribution is 2.46. The Morgan fingerprint density at radius 2 is 1.79 bits per heavy atom. The number of amides is 1. The summed E-state index contributed by atoms with van der Waals surface area (Å²) in [4.78, 5) is 26.2. The number of hydrogen-bond donors (Lipinski definition) is 1. The zero-order valence-corrected chi connectivity index (χ0v) is 15.7. The topological polar surface area (TPSA) is 79.3 Å². The molecular formula is C18H27F3N2O5. The third-order valence-electron chi connectivity index (χ3n) is 6.25. The van der Waals surface area contributed by atoms with Crippen molar-refractivity contribution in [3.05, 3.63) is 0 Å². The smallest absolute Gasteiger partial charge is 0.475 e. The van der Waals surface area contributed by atoms with Crippen molar-refractivity contribution in [3.63, 3.8) is 0 Å². The number of carbonyl (C=O) groups is 2. The number of rotatable bonds is 3. The first-order chi connectivity index (χ1) is 13.2. The number of carboxylic acids is 1. The second-order valence-corrected chi connectivity index (χ2v) is 8.06. The van der Waals surface area contributed by atoms with E-state index in [9.17, 15) is 18.0 Å². The Labute approximate surface area is 161 Å². The van der Waals surface area contributed by atoms with Gasteiger partial charge in [-0.25, -0.2) is 4.79 Å². The number of aliphatic carboxylic acids is 1. The zero-order valence-electron chi connectivity index (χ0n) is 15.7. The summed E-state index contributed by atoms with van der Waals surface area (Å²) in [7, 11) is 0. The summed E-state index contributed by atoms with van der Waals surface area (Å²) >= 11 is 0. The van der Waals surface area contributed by atoms with Crippen LogP contribution in [0, 0.1) is 11.3 Å². The predicted molar refractivity (Wildman–Crippen MR) is 91.7 cm³/mol. The van der Waals surface area contributed by atoms with Gasteiger partial charge >= 0.3 is 12.1 Å².